The first-order chi connectivity index (χ1) is 13.9. The van der Waals surface area contributed by atoms with Crippen molar-refractivity contribution in [2.75, 3.05) is 13.1 Å². The van der Waals surface area contributed by atoms with E-state index in [1.54, 1.807) is 0 Å². The van der Waals surface area contributed by atoms with Crippen LogP contribution >= 0.6 is 0 Å². The largest absolute Gasteiger partial charge is 0.361 e. The van der Waals surface area contributed by atoms with Gasteiger partial charge >= 0.3 is 0 Å². The molecule has 4 rings (SSSR count). The molecule has 1 aromatic carbocycles. The Kier molecular flexibility index (Phi) is 5.00. The maximum Gasteiger partial charge on any atom is 0.231 e. The van der Waals surface area contributed by atoms with E-state index in [1.807, 2.05) is 33.0 Å². The molecule has 1 amide bonds. The van der Waals surface area contributed by atoms with Crippen molar-refractivity contribution in [3.05, 3.63) is 53.7 Å². The zero-order valence-corrected chi connectivity index (χ0v) is 17.2. The van der Waals surface area contributed by atoms with Gasteiger partial charge in [-0.05, 0) is 32.4 Å². The van der Waals surface area contributed by atoms with Gasteiger partial charge in [0.25, 0.3) is 0 Å². The van der Waals surface area contributed by atoms with Crippen LogP contribution in [0, 0.1) is 0 Å². The van der Waals surface area contributed by atoms with Crippen LogP contribution in [0.4, 0.5) is 0 Å². The van der Waals surface area contributed by atoms with Gasteiger partial charge in [0.05, 0.1) is 17.7 Å². The van der Waals surface area contributed by atoms with Crippen molar-refractivity contribution in [3.8, 4) is 0 Å². The number of benzene rings is 1. The number of aromatic nitrogens is 3. The third-order valence-electron chi connectivity index (χ3n) is 5.61. The van der Waals surface area contributed by atoms with Gasteiger partial charge in [-0.15, -0.1) is 0 Å². The average Bonchev–Trinajstić information content (AvgIpc) is 3.31. The summed E-state index contributed by atoms with van der Waals surface area (Å²) in [5.74, 6) is 0.847. The molecular weight excluding hydrogens is 364 g/mol. The number of nitrogens with one attached hydrogen (secondary N) is 2. The first kappa shape index (κ1) is 19.4. The summed E-state index contributed by atoms with van der Waals surface area (Å²) in [5.41, 5.74) is 8.96. The summed E-state index contributed by atoms with van der Waals surface area (Å²) in [5, 5.41) is 4.10. The normalized spacial score (nSPS) is 16.6. The van der Waals surface area contributed by atoms with Crippen molar-refractivity contribution in [1.82, 2.24) is 19.9 Å². The number of para-hydroxylation sites is 1. The second-order valence-electron chi connectivity index (χ2n) is 8.23. The number of hydrogen-bond donors (Lipinski definition) is 3. The lowest BCUT2D eigenvalue weighted by molar-refractivity contribution is -0.125. The number of carbonyl (C=O) groups is 1. The van der Waals surface area contributed by atoms with Crippen LogP contribution in [-0.2, 0) is 23.2 Å². The lowest BCUT2D eigenvalue weighted by Crippen LogP contribution is -2.42. The number of H-pyrrole nitrogens is 1. The molecule has 152 valence electrons. The minimum absolute atomic E-state index is 0.0655. The van der Waals surface area contributed by atoms with Crippen molar-refractivity contribution in [2.24, 2.45) is 10.7 Å². The number of hydrogen-bond acceptors (Lipinski definition) is 4. The Morgan fingerprint density at radius 1 is 1.38 bits per heavy atom. The molecule has 0 saturated carbocycles. The third kappa shape index (κ3) is 3.58. The van der Waals surface area contributed by atoms with E-state index in [9.17, 15) is 4.79 Å². The van der Waals surface area contributed by atoms with Crippen molar-refractivity contribution in [3.63, 3.8) is 0 Å². The van der Waals surface area contributed by atoms with E-state index < -0.39 is 5.41 Å². The number of rotatable bonds is 6. The molecule has 0 spiro atoms. The number of fused-ring (bicyclic) bond motifs is 2. The van der Waals surface area contributed by atoms with Crippen LogP contribution in [0.15, 0.2) is 41.7 Å². The molecule has 2 aromatic heterocycles. The van der Waals surface area contributed by atoms with Gasteiger partial charge in [0.1, 0.15) is 11.9 Å². The minimum Gasteiger partial charge on any atom is -0.361 e. The molecule has 4 N–H and O–H groups in total. The molecule has 3 heterocycles. The van der Waals surface area contributed by atoms with Crippen molar-refractivity contribution >= 4 is 22.5 Å². The maximum absolute atomic E-state index is 12.6. The molecule has 7 nitrogen and oxygen atoms in total. The highest BCUT2D eigenvalue weighted by Gasteiger charge is 2.35. The predicted molar refractivity (Wildman–Crippen MR) is 115 cm³/mol. The fraction of sp³-hybridized carbons (Fsp3) is 0.409. The Balaban J connectivity index is 1.65. The van der Waals surface area contributed by atoms with Gasteiger partial charge in [-0.3, -0.25) is 9.79 Å². The van der Waals surface area contributed by atoms with Gasteiger partial charge in [0.15, 0.2) is 0 Å². The van der Waals surface area contributed by atoms with Gasteiger partial charge in [0, 0.05) is 48.5 Å². The Hall–Kier alpha value is -2.93. The van der Waals surface area contributed by atoms with Crippen LogP contribution in [0.5, 0.6) is 0 Å². The van der Waals surface area contributed by atoms with Gasteiger partial charge in [0.2, 0.25) is 5.91 Å². The van der Waals surface area contributed by atoms with E-state index in [-0.39, 0.29) is 11.9 Å². The van der Waals surface area contributed by atoms with Crippen LogP contribution in [0.25, 0.3) is 10.9 Å². The lowest BCUT2D eigenvalue weighted by Gasteiger charge is -2.21. The molecule has 0 saturated heterocycles. The highest BCUT2D eigenvalue weighted by atomic mass is 16.2. The molecule has 1 atom stereocenters. The van der Waals surface area contributed by atoms with Crippen molar-refractivity contribution in [2.45, 2.75) is 45.2 Å². The summed E-state index contributed by atoms with van der Waals surface area (Å²) in [6, 6.07) is 8.22. The summed E-state index contributed by atoms with van der Waals surface area (Å²) in [7, 11) is 0. The van der Waals surface area contributed by atoms with Crippen molar-refractivity contribution < 1.29 is 4.79 Å². The molecule has 29 heavy (non-hydrogen) atoms. The molecule has 1 aliphatic heterocycles. The molecule has 7 heteroatoms. The lowest BCUT2D eigenvalue weighted by atomic mass is 9.88. The third-order valence-corrected chi connectivity index (χ3v) is 5.61. The predicted octanol–water partition coefficient (Wildman–Crippen LogP) is 2.48. The topological polar surface area (TPSA) is 101 Å². The number of amides is 1. The molecular formula is C22H28N6O. The van der Waals surface area contributed by atoms with E-state index in [0.29, 0.717) is 19.6 Å². The number of nitrogens with zero attached hydrogens (tertiary/aromatic N) is 3. The average molecular weight is 393 g/mol. The van der Waals surface area contributed by atoms with Gasteiger partial charge < -0.3 is 20.6 Å². The molecule has 0 bridgehead atoms. The van der Waals surface area contributed by atoms with Crippen LogP contribution in [0.1, 0.15) is 43.9 Å². The Morgan fingerprint density at radius 3 is 2.97 bits per heavy atom. The van der Waals surface area contributed by atoms with Gasteiger partial charge in [-0.2, -0.15) is 0 Å². The van der Waals surface area contributed by atoms with Gasteiger partial charge in [-0.1, -0.05) is 18.2 Å². The molecule has 0 fully saturated rings. The van der Waals surface area contributed by atoms with Crippen LogP contribution in [0.2, 0.25) is 0 Å². The van der Waals surface area contributed by atoms with Crippen LogP contribution in [0.3, 0.4) is 0 Å². The monoisotopic (exact) mass is 392 g/mol. The van der Waals surface area contributed by atoms with Gasteiger partial charge in [-0.25, -0.2) is 4.98 Å². The first-order valence-corrected chi connectivity index (χ1v) is 10.0. The molecule has 0 unspecified atom stereocenters. The zero-order chi connectivity index (χ0) is 20.6. The summed E-state index contributed by atoms with van der Waals surface area (Å²) in [6.45, 7) is 7.42. The summed E-state index contributed by atoms with van der Waals surface area (Å²) in [4.78, 5) is 25.8. The first-order valence-electron chi connectivity index (χ1n) is 10.0. The molecule has 3 aromatic rings. The molecule has 0 radical (unpaired) electrons. The van der Waals surface area contributed by atoms with E-state index in [4.69, 9.17) is 15.7 Å². The summed E-state index contributed by atoms with van der Waals surface area (Å²) in [6.07, 6.45) is 4.82. The Labute approximate surface area is 170 Å². The maximum atomic E-state index is 12.6. The second-order valence-corrected chi connectivity index (χ2v) is 8.23. The van der Waals surface area contributed by atoms with E-state index in [2.05, 4.69) is 39.3 Å². The fourth-order valence-corrected chi connectivity index (χ4v) is 3.90. The summed E-state index contributed by atoms with van der Waals surface area (Å²) >= 11 is 0. The number of carbonyl (C=O) groups excluding carboxylic acids is 1. The SMILES string of the molecule is CC1=N[C@H](Cc2c[nH]c3ccccc23)c2nc(C(C)(C)C(=O)NCCN)cn2C1. The smallest absolute Gasteiger partial charge is 0.231 e. The highest BCUT2D eigenvalue weighted by Crippen LogP contribution is 2.32. The number of aliphatic imine (C=N–C) groups is 1. The zero-order valence-electron chi connectivity index (χ0n) is 17.2. The number of nitrogens with two attached hydrogens (primary N) is 1. The quantitative estimate of drug-likeness (QED) is 0.601. The number of imidazole rings is 1. The van der Waals surface area contributed by atoms with E-state index in [0.717, 1.165) is 29.2 Å². The fourth-order valence-electron chi connectivity index (χ4n) is 3.90. The van der Waals surface area contributed by atoms with Crippen LogP contribution in [-0.4, -0.2) is 39.2 Å². The molecule has 1 aliphatic rings. The highest BCUT2D eigenvalue weighted by molar-refractivity contribution is 5.87. The summed E-state index contributed by atoms with van der Waals surface area (Å²) < 4.78 is 2.13. The second kappa shape index (κ2) is 7.48. The van der Waals surface area contributed by atoms with Crippen molar-refractivity contribution in [1.29, 1.82) is 0 Å². The Bertz CT molecular complexity index is 1070. The van der Waals surface area contributed by atoms with E-state index in [1.165, 1.54) is 10.9 Å². The van der Waals surface area contributed by atoms with E-state index >= 15 is 0 Å². The molecule has 0 aliphatic carbocycles. The minimum atomic E-state index is -0.737. The number of aromatic amines is 1. The van der Waals surface area contributed by atoms with Crippen LogP contribution < -0.4 is 11.1 Å². The standard InChI is InChI=1S/C22H28N6O/c1-14-12-28-13-19(22(2,3)21(29)24-9-8-23)27-20(28)18(26-14)10-15-11-25-17-7-5-4-6-16(15)17/h4-7,11,13,18,25H,8-10,12,23H2,1-3H3,(H,24,29)/t18-/m1/s1. The Morgan fingerprint density at radius 2 is 2.17 bits per heavy atom.